The molecule has 0 aromatic heterocycles. The number of benzene rings is 1. The van der Waals surface area contributed by atoms with Crippen LogP contribution >= 0.6 is 22.6 Å². The number of piperidine rings is 1. The van der Waals surface area contributed by atoms with Crippen molar-refractivity contribution in [1.29, 1.82) is 0 Å². The summed E-state index contributed by atoms with van der Waals surface area (Å²) in [7, 11) is 1.50. The van der Waals surface area contributed by atoms with Gasteiger partial charge in [-0.05, 0) is 66.0 Å². The first-order chi connectivity index (χ1) is 9.60. The zero-order valence-corrected chi connectivity index (χ0v) is 14.0. The average Bonchev–Trinajstić information content (AvgIpc) is 2.82. The SMILES string of the molecule is COC(=O)[C@H]1[C@@H](c2ccc(C)c(I)c2)C[C@@H]2CC[C@H]1N2. The van der Waals surface area contributed by atoms with Crippen LogP contribution in [-0.4, -0.2) is 25.2 Å². The summed E-state index contributed by atoms with van der Waals surface area (Å²) >= 11 is 2.37. The fraction of sp³-hybridized carbons (Fsp3) is 0.562. The number of halogens is 1. The van der Waals surface area contributed by atoms with Crippen molar-refractivity contribution in [1.82, 2.24) is 5.32 Å². The highest BCUT2D eigenvalue weighted by Crippen LogP contribution is 2.42. The van der Waals surface area contributed by atoms with Crippen molar-refractivity contribution < 1.29 is 9.53 Å². The number of ether oxygens (including phenoxy) is 1. The third kappa shape index (κ3) is 2.48. The Labute approximate surface area is 133 Å². The lowest BCUT2D eigenvalue weighted by atomic mass is 9.77. The number of esters is 1. The van der Waals surface area contributed by atoms with Crippen molar-refractivity contribution in [2.45, 2.75) is 44.2 Å². The van der Waals surface area contributed by atoms with Gasteiger partial charge in [0.15, 0.2) is 0 Å². The molecule has 3 nitrogen and oxygen atoms in total. The summed E-state index contributed by atoms with van der Waals surface area (Å²) in [6, 6.07) is 7.43. The maximum atomic E-state index is 12.2. The van der Waals surface area contributed by atoms with E-state index in [1.807, 2.05) is 0 Å². The van der Waals surface area contributed by atoms with E-state index >= 15 is 0 Å². The predicted octanol–water partition coefficient (Wildman–Crippen LogP) is 3.00. The van der Waals surface area contributed by atoms with Crippen LogP contribution in [0, 0.1) is 16.4 Å². The van der Waals surface area contributed by atoms with Crippen LogP contribution in [0.1, 0.15) is 36.3 Å². The second-order valence-corrected chi connectivity index (χ2v) is 7.11. The number of rotatable bonds is 2. The van der Waals surface area contributed by atoms with Crippen LogP contribution in [0.3, 0.4) is 0 Å². The summed E-state index contributed by atoms with van der Waals surface area (Å²) in [6.07, 6.45) is 3.30. The molecule has 2 aliphatic rings. The molecule has 2 bridgehead atoms. The Hall–Kier alpha value is -0.620. The van der Waals surface area contributed by atoms with Crippen LogP contribution in [0.5, 0.6) is 0 Å². The standard InChI is InChI=1S/C16H20INO2/c1-9-3-4-10(7-13(9)17)12-8-11-5-6-14(18-11)15(12)16(19)20-2/h3-4,7,11-12,14-15,18H,5-6,8H2,1-2H3/t11-,12+,14+,15-/m0/s1. The number of carbonyl (C=O) groups excluding carboxylic acids is 1. The van der Waals surface area contributed by atoms with Gasteiger partial charge in [0.2, 0.25) is 0 Å². The van der Waals surface area contributed by atoms with Crippen molar-refractivity contribution in [2.24, 2.45) is 5.92 Å². The molecule has 2 fully saturated rings. The van der Waals surface area contributed by atoms with Crippen LogP contribution < -0.4 is 5.32 Å². The molecule has 0 spiro atoms. The lowest BCUT2D eigenvalue weighted by Gasteiger charge is -2.36. The van der Waals surface area contributed by atoms with E-state index < -0.39 is 0 Å². The Bertz CT molecular complexity index is 531. The Morgan fingerprint density at radius 2 is 2.20 bits per heavy atom. The van der Waals surface area contributed by atoms with E-state index in [0.29, 0.717) is 6.04 Å². The van der Waals surface area contributed by atoms with E-state index in [2.05, 4.69) is 53.0 Å². The lowest BCUT2D eigenvalue weighted by Crippen LogP contribution is -2.48. The molecule has 4 heteroatoms. The number of fused-ring (bicyclic) bond motifs is 2. The molecular formula is C16H20INO2. The zero-order chi connectivity index (χ0) is 14.3. The molecule has 1 aromatic carbocycles. The van der Waals surface area contributed by atoms with Gasteiger partial charge >= 0.3 is 5.97 Å². The van der Waals surface area contributed by atoms with Gasteiger partial charge in [-0.15, -0.1) is 0 Å². The molecule has 2 saturated heterocycles. The first-order valence-corrected chi connectivity index (χ1v) is 8.28. The highest BCUT2D eigenvalue weighted by Gasteiger charge is 2.46. The number of methoxy groups -OCH3 is 1. The number of carbonyl (C=O) groups is 1. The molecule has 20 heavy (non-hydrogen) atoms. The fourth-order valence-electron chi connectivity index (χ4n) is 3.70. The summed E-state index contributed by atoms with van der Waals surface area (Å²) in [4.78, 5) is 12.2. The minimum atomic E-state index is -0.0663. The summed E-state index contributed by atoms with van der Waals surface area (Å²) in [5, 5.41) is 3.58. The van der Waals surface area contributed by atoms with Crippen LogP contribution in [0.2, 0.25) is 0 Å². The van der Waals surface area contributed by atoms with Gasteiger partial charge in [0.05, 0.1) is 13.0 Å². The van der Waals surface area contributed by atoms with Gasteiger partial charge in [0.25, 0.3) is 0 Å². The maximum absolute atomic E-state index is 12.2. The minimum absolute atomic E-state index is 0.0442. The van der Waals surface area contributed by atoms with Crippen molar-refractivity contribution in [3.05, 3.63) is 32.9 Å². The first kappa shape index (κ1) is 14.3. The molecule has 108 valence electrons. The van der Waals surface area contributed by atoms with Crippen molar-refractivity contribution in [3.8, 4) is 0 Å². The van der Waals surface area contributed by atoms with E-state index in [1.165, 1.54) is 28.2 Å². The van der Waals surface area contributed by atoms with Gasteiger partial charge < -0.3 is 10.1 Å². The summed E-state index contributed by atoms with van der Waals surface area (Å²) in [5.74, 6) is 0.177. The monoisotopic (exact) mass is 385 g/mol. The second kappa shape index (κ2) is 5.64. The minimum Gasteiger partial charge on any atom is -0.469 e. The van der Waals surface area contributed by atoms with Gasteiger partial charge in [-0.1, -0.05) is 12.1 Å². The van der Waals surface area contributed by atoms with Gasteiger partial charge in [-0.3, -0.25) is 4.79 Å². The Kier molecular flexibility index (Phi) is 4.04. The molecule has 0 radical (unpaired) electrons. The number of hydrogen-bond donors (Lipinski definition) is 1. The summed E-state index contributed by atoms with van der Waals surface area (Å²) in [6.45, 7) is 2.12. The lowest BCUT2D eigenvalue weighted by molar-refractivity contribution is -0.148. The largest absolute Gasteiger partial charge is 0.469 e. The van der Waals surface area contributed by atoms with E-state index in [9.17, 15) is 4.79 Å². The van der Waals surface area contributed by atoms with Gasteiger partial charge in [-0.2, -0.15) is 0 Å². The highest BCUT2D eigenvalue weighted by molar-refractivity contribution is 14.1. The van der Waals surface area contributed by atoms with Crippen molar-refractivity contribution >= 4 is 28.6 Å². The number of hydrogen-bond acceptors (Lipinski definition) is 3. The molecule has 1 N–H and O–H groups in total. The highest BCUT2D eigenvalue weighted by atomic mass is 127. The van der Waals surface area contributed by atoms with Crippen molar-refractivity contribution in [3.63, 3.8) is 0 Å². The fourth-order valence-corrected chi connectivity index (χ4v) is 4.24. The van der Waals surface area contributed by atoms with Gasteiger partial charge in [-0.25, -0.2) is 0 Å². The predicted molar refractivity (Wildman–Crippen MR) is 86.7 cm³/mol. The maximum Gasteiger partial charge on any atom is 0.310 e. The number of aryl methyl sites for hydroxylation is 1. The van der Waals surface area contributed by atoms with E-state index in [-0.39, 0.29) is 23.8 Å². The third-order valence-electron chi connectivity index (χ3n) is 4.78. The van der Waals surface area contributed by atoms with Crippen LogP contribution in [0.15, 0.2) is 18.2 Å². The van der Waals surface area contributed by atoms with Gasteiger partial charge in [0, 0.05) is 21.6 Å². The molecule has 0 amide bonds. The first-order valence-electron chi connectivity index (χ1n) is 7.20. The smallest absolute Gasteiger partial charge is 0.310 e. The Morgan fingerprint density at radius 3 is 2.90 bits per heavy atom. The van der Waals surface area contributed by atoms with Gasteiger partial charge in [0.1, 0.15) is 0 Å². The molecule has 3 rings (SSSR count). The second-order valence-electron chi connectivity index (χ2n) is 5.95. The van der Waals surface area contributed by atoms with Crippen molar-refractivity contribution in [2.75, 3.05) is 7.11 Å². The number of nitrogens with one attached hydrogen (secondary N) is 1. The third-order valence-corrected chi connectivity index (χ3v) is 5.94. The molecule has 2 heterocycles. The van der Waals surface area contributed by atoms with E-state index in [0.717, 1.165) is 12.8 Å². The van der Waals surface area contributed by atoms with Crippen LogP contribution in [0.25, 0.3) is 0 Å². The molecule has 0 aliphatic carbocycles. The molecule has 0 unspecified atom stereocenters. The topological polar surface area (TPSA) is 38.3 Å². The average molecular weight is 385 g/mol. The quantitative estimate of drug-likeness (QED) is 0.629. The summed E-state index contributed by atoms with van der Waals surface area (Å²) in [5.41, 5.74) is 2.58. The molecular weight excluding hydrogens is 365 g/mol. The van der Waals surface area contributed by atoms with E-state index in [4.69, 9.17) is 4.74 Å². The molecule has 0 saturated carbocycles. The van der Waals surface area contributed by atoms with Crippen LogP contribution in [-0.2, 0) is 9.53 Å². The van der Waals surface area contributed by atoms with Crippen LogP contribution in [0.4, 0.5) is 0 Å². The molecule has 1 aromatic rings. The Morgan fingerprint density at radius 1 is 1.40 bits per heavy atom. The summed E-state index contributed by atoms with van der Waals surface area (Å²) < 4.78 is 6.34. The Balaban J connectivity index is 1.96. The molecule has 4 atom stereocenters. The zero-order valence-electron chi connectivity index (χ0n) is 11.9. The van der Waals surface area contributed by atoms with E-state index in [1.54, 1.807) is 0 Å². The normalized spacial score (nSPS) is 32.1. The molecule has 2 aliphatic heterocycles.